The van der Waals surface area contributed by atoms with Gasteiger partial charge >= 0.3 is 0 Å². The Balaban J connectivity index is 1.57. The number of anilines is 1. The van der Waals surface area contributed by atoms with E-state index in [1.807, 2.05) is 25.1 Å². The summed E-state index contributed by atoms with van der Waals surface area (Å²) in [6.07, 6.45) is 1.63. The van der Waals surface area contributed by atoms with Crippen molar-refractivity contribution in [1.82, 2.24) is 5.32 Å². The minimum atomic E-state index is -3.78. The molecule has 2 aromatic carbocycles. The third-order valence-electron chi connectivity index (χ3n) is 4.03. The highest BCUT2D eigenvalue weighted by molar-refractivity contribution is 7.98. The molecule has 0 unspecified atom stereocenters. The fourth-order valence-electron chi connectivity index (χ4n) is 2.63. The zero-order valence-electron chi connectivity index (χ0n) is 15.9. The molecule has 0 atom stereocenters. The summed E-state index contributed by atoms with van der Waals surface area (Å²) in [5.74, 6) is 2.04. The van der Waals surface area contributed by atoms with E-state index in [1.54, 1.807) is 48.4 Å². The van der Waals surface area contributed by atoms with Crippen LogP contribution < -0.4 is 10.0 Å². The van der Waals surface area contributed by atoms with Gasteiger partial charge in [0.1, 0.15) is 5.76 Å². The van der Waals surface area contributed by atoms with E-state index in [2.05, 4.69) is 10.0 Å². The van der Waals surface area contributed by atoms with Crippen molar-refractivity contribution < 1.29 is 17.6 Å². The summed E-state index contributed by atoms with van der Waals surface area (Å²) in [5.41, 5.74) is 1.73. The molecule has 1 amide bonds. The molecule has 3 aromatic rings. The number of benzene rings is 2. The van der Waals surface area contributed by atoms with Gasteiger partial charge in [-0.05, 0) is 55.0 Å². The Kier molecular flexibility index (Phi) is 7.00. The second kappa shape index (κ2) is 9.67. The Morgan fingerprint density at radius 2 is 1.90 bits per heavy atom. The number of nitrogens with one attached hydrogen (secondary N) is 2. The third-order valence-corrected chi connectivity index (χ3v) is 6.39. The average molecular weight is 431 g/mol. The number of carbonyl (C=O) groups excluding carboxylic acids is 1. The third kappa shape index (κ3) is 6.13. The van der Waals surface area contributed by atoms with Crippen LogP contribution >= 0.6 is 11.8 Å². The summed E-state index contributed by atoms with van der Waals surface area (Å²) in [5, 5.41) is 2.81. The highest BCUT2D eigenvalue weighted by Gasteiger charge is 2.16. The monoisotopic (exact) mass is 430 g/mol. The predicted octanol–water partition coefficient (Wildman–Crippen LogP) is 4.05. The number of carbonyl (C=O) groups is 1. The smallest absolute Gasteiger partial charge is 0.261 e. The van der Waals surface area contributed by atoms with Gasteiger partial charge in [0, 0.05) is 23.5 Å². The van der Waals surface area contributed by atoms with Crippen molar-refractivity contribution in [1.29, 1.82) is 0 Å². The molecule has 0 fully saturated rings. The number of hydrogen-bond acceptors (Lipinski definition) is 5. The van der Waals surface area contributed by atoms with E-state index in [0.717, 1.165) is 22.8 Å². The normalized spacial score (nSPS) is 11.2. The number of thioether (sulfide) groups is 1. The van der Waals surface area contributed by atoms with Crippen LogP contribution in [0.4, 0.5) is 5.69 Å². The Morgan fingerprint density at radius 1 is 1.07 bits per heavy atom. The van der Waals surface area contributed by atoms with Crippen molar-refractivity contribution in [2.75, 3.05) is 17.0 Å². The summed E-state index contributed by atoms with van der Waals surface area (Å²) in [6, 6.07) is 16.8. The number of amides is 1. The maximum Gasteiger partial charge on any atom is 0.261 e. The molecule has 0 saturated heterocycles. The van der Waals surface area contributed by atoms with E-state index in [-0.39, 0.29) is 10.8 Å². The zero-order chi connectivity index (χ0) is 20.7. The first-order valence-corrected chi connectivity index (χ1v) is 11.7. The van der Waals surface area contributed by atoms with Crippen LogP contribution in [-0.4, -0.2) is 26.6 Å². The fourth-order valence-corrected chi connectivity index (χ4v) is 4.48. The first-order valence-electron chi connectivity index (χ1n) is 9.02. The van der Waals surface area contributed by atoms with Crippen LogP contribution in [0.25, 0.3) is 0 Å². The number of hydrogen-bond donors (Lipinski definition) is 2. The molecular weight excluding hydrogens is 408 g/mol. The van der Waals surface area contributed by atoms with E-state index >= 15 is 0 Å². The van der Waals surface area contributed by atoms with Crippen molar-refractivity contribution in [3.8, 4) is 0 Å². The molecule has 152 valence electrons. The largest absolute Gasteiger partial charge is 0.468 e. The van der Waals surface area contributed by atoms with Crippen molar-refractivity contribution >= 4 is 33.4 Å². The van der Waals surface area contributed by atoms with Gasteiger partial charge in [0.15, 0.2) is 0 Å². The number of rotatable bonds is 9. The van der Waals surface area contributed by atoms with Crippen molar-refractivity contribution in [3.63, 3.8) is 0 Å². The lowest BCUT2D eigenvalue weighted by molar-refractivity contribution is 0.0956. The molecule has 8 heteroatoms. The predicted molar refractivity (Wildman–Crippen MR) is 116 cm³/mol. The molecule has 0 saturated carbocycles. The number of sulfonamides is 1. The maximum absolute atomic E-state index is 12.6. The van der Waals surface area contributed by atoms with Gasteiger partial charge in [-0.1, -0.05) is 18.2 Å². The summed E-state index contributed by atoms with van der Waals surface area (Å²) >= 11 is 1.64. The Hall–Kier alpha value is -2.71. The first-order chi connectivity index (χ1) is 13.9. The molecule has 6 nitrogen and oxygen atoms in total. The van der Waals surface area contributed by atoms with Crippen LogP contribution in [0, 0.1) is 6.92 Å². The second-order valence-corrected chi connectivity index (χ2v) is 9.18. The number of furan rings is 1. The van der Waals surface area contributed by atoms with Gasteiger partial charge in [0.05, 0.1) is 16.9 Å². The molecule has 0 radical (unpaired) electrons. The summed E-state index contributed by atoms with van der Waals surface area (Å²) in [4.78, 5) is 12.4. The van der Waals surface area contributed by atoms with E-state index in [1.165, 1.54) is 12.1 Å². The molecular formula is C21H22N2O4S2. The molecule has 0 aliphatic carbocycles. The Labute approximate surface area is 174 Å². The van der Waals surface area contributed by atoms with E-state index in [9.17, 15) is 13.2 Å². The lowest BCUT2D eigenvalue weighted by Gasteiger charge is -2.10. The maximum atomic E-state index is 12.6. The molecule has 0 bridgehead atoms. The highest BCUT2D eigenvalue weighted by atomic mass is 32.2. The van der Waals surface area contributed by atoms with Crippen LogP contribution in [0.5, 0.6) is 0 Å². The van der Waals surface area contributed by atoms with Gasteiger partial charge in [0.25, 0.3) is 15.9 Å². The highest BCUT2D eigenvalue weighted by Crippen LogP contribution is 2.18. The first kappa shape index (κ1) is 21.0. The molecule has 0 aliphatic heterocycles. The molecule has 2 N–H and O–H groups in total. The van der Waals surface area contributed by atoms with Crippen LogP contribution in [0.3, 0.4) is 0 Å². The Bertz CT molecular complexity index is 1060. The molecule has 3 rings (SSSR count). The van der Waals surface area contributed by atoms with Crippen LogP contribution in [0.1, 0.15) is 21.7 Å². The summed E-state index contributed by atoms with van der Waals surface area (Å²) in [6.45, 7) is 2.36. The van der Waals surface area contributed by atoms with Crippen molar-refractivity contribution in [2.45, 2.75) is 17.6 Å². The molecule has 0 aliphatic rings. The molecule has 1 aromatic heterocycles. The SMILES string of the molecule is Cc1cccc(NS(=O)(=O)c2cccc(C(=O)NCCSCc3ccco3)c2)c1. The van der Waals surface area contributed by atoms with Crippen LogP contribution in [-0.2, 0) is 15.8 Å². The average Bonchev–Trinajstić information content (AvgIpc) is 3.21. The van der Waals surface area contributed by atoms with Gasteiger partial charge in [-0.3, -0.25) is 9.52 Å². The van der Waals surface area contributed by atoms with Crippen molar-refractivity contribution in [3.05, 3.63) is 83.8 Å². The molecule has 1 heterocycles. The minimum absolute atomic E-state index is 0.0406. The van der Waals surface area contributed by atoms with E-state index < -0.39 is 10.0 Å². The van der Waals surface area contributed by atoms with Crippen LogP contribution in [0.2, 0.25) is 0 Å². The zero-order valence-corrected chi connectivity index (χ0v) is 17.6. The van der Waals surface area contributed by atoms with Gasteiger partial charge < -0.3 is 9.73 Å². The van der Waals surface area contributed by atoms with E-state index in [0.29, 0.717) is 17.8 Å². The lowest BCUT2D eigenvalue weighted by atomic mass is 10.2. The Morgan fingerprint density at radius 3 is 2.66 bits per heavy atom. The minimum Gasteiger partial charge on any atom is -0.468 e. The van der Waals surface area contributed by atoms with Gasteiger partial charge in [-0.2, -0.15) is 11.8 Å². The van der Waals surface area contributed by atoms with Gasteiger partial charge in [-0.15, -0.1) is 0 Å². The quantitative estimate of drug-likeness (QED) is 0.500. The standard InChI is InChI=1S/C21H22N2O4S2/c1-16-5-2-7-18(13-16)23-29(25,26)20-9-3-6-17(14-20)21(24)22-10-12-28-15-19-8-4-11-27-19/h2-9,11,13-14,23H,10,12,15H2,1H3,(H,22,24). The van der Waals surface area contributed by atoms with Crippen molar-refractivity contribution in [2.24, 2.45) is 0 Å². The number of aryl methyl sites for hydroxylation is 1. The van der Waals surface area contributed by atoms with Gasteiger partial charge in [0.2, 0.25) is 0 Å². The summed E-state index contributed by atoms with van der Waals surface area (Å²) in [7, 11) is -3.78. The summed E-state index contributed by atoms with van der Waals surface area (Å²) < 4.78 is 33.1. The van der Waals surface area contributed by atoms with E-state index in [4.69, 9.17) is 4.42 Å². The molecule has 29 heavy (non-hydrogen) atoms. The topological polar surface area (TPSA) is 88.4 Å². The lowest BCUT2D eigenvalue weighted by Crippen LogP contribution is -2.26. The van der Waals surface area contributed by atoms with Crippen LogP contribution in [0.15, 0.2) is 76.2 Å². The second-order valence-electron chi connectivity index (χ2n) is 6.39. The molecule has 0 spiro atoms. The van der Waals surface area contributed by atoms with Gasteiger partial charge in [-0.25, -0.2) is 8.42 Å². The fraction of sp³-hybridized carbons (Fsp3) is 0.190.